The number of benzene rings is 3. The molecule has 0 radical (unpaired) electrons. The van der Waals surface area contributed by atoms with E-state index in [2.05, 4.69) is 62.4 Å². The minimum Gasteiger partial charge on any atom is -0.0614 e. The van der Waals surface area contributed by atoms with Crippen LogP contribution in [0.25, 0.3) is 21.5 Å². The van der Waals surface area contributed by atoms with E-state index in [1.807, 2.05) is 0 Å². The second kappa shape index (κ2) is 3.89. The van der Waals surface area contributed by atoms with Gasteiger partial charge in [-0.1, -0.05) is 43.3 Å². The van der Waals surface area contributed by atoms with Crippen molar-refractivity contribution in [2.45, 2.75) is 20.3 Å². The molecule has 84 valence electrons. The van der Waals surface area contributed by atoms with Crippen LogP contribution in [0.2, 0.25) is 0 Å². The lowest BCUT2D eigenvalue weighted by molar-refractivity contribution is 1.16. The van der Waals surface area contributed by atoms with Crippen molar-refractivity contribution in [2.24, 2.45) is 0 Å². The van der Waals surface area contributed by atoms with E-state index in [9.17, 15) is 0 Å². The van der Waals surface area contributed by atoms with Crippen molar-refractivity contribution in [1.82, 2.24) is 0 Å². The van der Waals surface area contributed by atoms with Crippen molar-refractivity contribution in [1.29, 1.82) is 0 Å². The van der Waals surface area contributed by atoms with E-state index >= 15 is 0 Å². The lowest BCUT2D eigenvalue weighted by atomic mass is 9.97. The van der Waals surface area contributed by atoms with Gasteiger partial charge in [0.15, 0.2) is 0 Å². The Morgan fingerprint density at radius 2 is 1.47 bits per heavy atom. The molecule has 0 fully saturated rings. The number of hydrogen-bond acceptors (Lipinski definition) is 0. The van der Waals surface area contributed by atoms with Gasteiger partial charge in [-0.25, -0.2) is 0 Å². The zero-order valence-corrected chi connectivity index (χ0v) is 10.3. The molecular weight excluding hydrogens is 204 g/mol. The standard InChI is InChI=1S/C17H16/c1-3-13-7-5-9-15-10-16-12(2)6-4-8-14(16)11-17(13)15/h4-11H,3H2,1-2H3. The quantitative estimate of drug-likeness (QED) is 0.513. The van der Waals surface area contributed by atoms with Gasteiger partial charge >= 0.3 is 0 Å². The van der Waals surface area contributed by atoms with Crippen LogP contribution in [0.1, 0.15) is 18.1 Å². The number of aryl methyl sites for hydroxylation is 2. The molecule has 0 N–H and O–H groups in total. The molecule has 0 bridgehead atoms. The molecule has 0 saturated heterocycles. The topological polar surface area (TPSA) is 0 Å². The molecule has 0 aliphatic heterocycles. The van der Waals surface area contributed by atoms with Crippen LogP contribution in [0.15, 0.2) is 48.5 Å². The Bertz CT molecular complexity index is 693. The normalized spacial score (nSPS) is 11.2. The lowest BCUT2D eigenvalue weighted by Gasteiger charge is -2.08. The van der Waals surface area contributed by atoms with Gasteiger partial charge in [-0.15, -0.1) is 0 Å². The highest BCUT2D eigenvalue weighted by Crippen LogP contribution is 2.27. The largest absolute Gasteiger partial charge is 0.0614 e. The smallest absolute Gasteiger partial charge is 0.0146 e. The Balaban J connectivity index is 2.48. The highest BCUT2D eigenvalue weighted by atomic mass is 14.1. The summed E-state index contributed by atoms with van der Waals surface area (Å²) < 4.78 is 0. The van der Waals surface area contributed by atoms with E-state index in [0.29, 0.717) is 0 Å². The summed E-state index contributed by atoms with van der Waals surface area (Å²) >= 11 is 0. The summed E-state index contributed by atoms with van der Waals surface area (Å²) in [6.07, 6.45) is 1.09. The van der Waals surface area contributed by atoms with Crippen molar-refractivity contribution in [3.05, 3.63) is 59.7 Å². The first-order chi connectivity index (χ1) is 8.29. The maximum atomic E-state index is 2.33. The minimum absolute atomic E-state index is 1.09. The van der Waals surface area contributed by atoms with Gasteiger partial charge in [0.2, 0.25) is 0 Å². The molecule has 3 rings (SSSR count). The van der Waals surface area contributed by atoms with E-state index in [-0.39, 0.29) is 0 Å². The van der Waals surface area contributed by atoms with Crippen LogP contribution in [0.5, 0.6) is 0 Å². The van der Waals surface area contributed by atoms with Gasteiger partial charge in [0.1, 0.15) is 0 Å². The molecule has 0 aliphatic rings. The molecule has 0 unspecified atom stereocenters. The Kier molecular flexibility index (Phi) is 2.36. The van der Waals surface area contributed by atoms with E-state index in [4.69, 9.17) is 0 Å². The van der Waals surface area contributed by atoms with E-state index in [1.54, 1.807) is 0 Å². The van der Waals surface area contributed by atoms with Gasteiger partial charge in [-0.05, 0) is 58.1 Å². The maximum Gasteiger partial charge on any atom is -0.0146 e. The first kappa shape index (κ1) is 10.3. The summed E-state index contributed by atoms with van der Waals surface area (Å²) in [5.41, 5.74) is 2.79. The van der Waals surface area contributed by atoms with Crippen molar-refractivity contribution < 1.29 is 0 Å². The third-order valence-corrected chi connectivity index (χ3v) is 3.57. The lowest BCUT2D eigenvalue weighted by Crippen LogP contribution is -1.85. The number of hydrogen-bond donors (Lipinski definition) is 0. The van der Waals surface area contributed by atoms with Crippen LogP contribution < -0.4 is 0 Å². The van der Waals surface area contributed by atoms with Crippen LogP contribution in [0.3, 0.4) is 0 Å². The highest BCUT2D eigenvalue weighted by molar-refractivity contribution is 6.00. The summed E-state index contributed by atoms with van der Waals surface area (Å²) in [6.45, 7) is 4.40. The van der Waals surface area contributed by atoms with E-state index in [0.717, 1.165) is 6.42 Å². The van der Waals surface area contributed by atoms with Gasteiger partial charge in [-0.3, -0.25) is 0 Å². The summed E-state index contributed by atoms with van der Waals surface area (Å²) in [5.74, 6) is 0. The molecule has 0 aliphatic carbocycles. The SMILES string of the molecule is CCc1cccc2cc3c(C)cccc3cc12. The van der Waals surface area contributed by atoms with Crippen molar-refractivity contribution in [3.8, 4) is 0 Å². The minimum atomic E-state index is 1.09. The summed E-state index contributed by atoms with van der Waals surface area (Å²) in [4.78, 5) is 0. The molecular formula is C17H16. The first-order valence-corrected chi connectivity index (χ1v) is 6.20. The molecule has 0 atom stereocenters. The highest BCUT2D eigenvalue weighted by Gasteiger charge is 2.02. The summed E-state index contributed by atoms with van der Waals surface area (Å²) in [5, 5.41) is 5.46. The third kappa shape index (κ3) is 1.61. The fourth-order valence-electron chi connectivity index (χ4n) is 2.58. The maximum absolute atomic E-state index is 2.33. The molecule has 0 amide bonds. The Hall–Kier alpha value is -1.82. The number of rotatable bonds is 1. The predicted molar refractivity (Wildman–Crippen MR) is 75.6 cm³/mol. The Morgan fingerprint density at radius 3 is 2.24 bits per heavy atom. The fourth-order valence-corrected chi connectivity index (χ4v) is 2.58. The van der Waals surface area contributed by atoms with Crippen molar-refractivity contribution in [3.63, 3.8) is 0 Å². The molecule has 0 aromatic heterocycles. The fraction of sp³-hybridized carbons (Fsp3) is 0.176. The Labute approximate surface area is 102 Å². The zero-order chi connectivity index (χ0) is 11.8. The second-order valence-electron chi connectivity index (χ2n) is 4.64. The molecule has 0 saturated carbocycles. The Morgan fingerprint density at radius 1 is 0.824 bits per heavy atom. The van der Waals surface area contributed by atoms with Gasteiger partial charge in [0.05, 0.1) is 0 Å². The molecule has 3 aromatic carbocycles. The molecule has 0 nitrogen and oxygen atoms in total. The number of fused-ring (bicyclic) bond motifs is 2. The molecule has 0 heteroatoms. The van der Waals surface area contributed by atoms with Gasteiger partial charge in [0, 0.05) is 0 Å². The van der Waals surface area contributed by atoms with Crippen LogP contribution in [-0.4, -0.2) is 0 Å². The van der Waals surface area contributed by atoms with Crippen LogP contribution in [0, 0.1) is 6.92 Å². The predicted octanol–water partition coefficient (Wildman–Crippen LogP) is 4.86. The van der Waals surface area contributed by atoms with Crippen LogP contribution in [-0.2, 0) is 6.42 Å². The van der Waals surface area contributed by atoms with Crippen LogP contribution >= 0.6 is 0 Å². The third-order valence-electron chi connectivity index (χ3n) is 3.57. The van der Waals surface area contributed by atoms with Gasteiger partial charge < -0.3 is 0 Å². The zero-order valence-electron chi connectivity index (χ0n) is 10.3. The van der Waals surface area contributed by atoms with Crippen LogP contribution in [0.4, 0.5) is 0 Å². The first-order valence-electron chi connectivity index (χ1n) is 6.20. The summed E-state index contributed by atoms with van der Waals surface area (Å²) in [7, 11) is 0. The van der Waals surface area contributed by atoms with E-state index < -0.39 is 0 Å². The van der Waals surface area contributed by atoms with Crippen molar-refractivity contribution in [2.75, 3.05) is 0 Å². The molecule has 0 spiro atoms. The average Bonchev–Trinajstić information content (AvgIpc) is 2.36. The molecule has 3 aromatic rings. The van der Waals surface area contributed by atoms with Gasteiger partial charge in [0.25, 0.3) is 0 Å². The average molecular weight is 220 g/mol. The summed E-state index contributed by atoms with van der Waals surface area (Å²) in [6, 6.07) is 17.8. The van der Waals surface area contributed by atoms with Crippen molar-refractivity contribution >= 4 is 21.5 Å². The molecule has 17 heavy (non-hydrogen) atoms. The molecule has 0 heterocycles. The van der Waals surface area contributed by atoms with E-state index in [1.165, 1.54) is 32.7 Å². The monoisotopic (exact) mass is 220 g/mol. The van der Waals surface area contributed by atoms with Gasteiger partial charge in [-0.2, -0.15) is 0 Å². The second-order valence-corrected chi connectivity index (χ2v) is 4.64.